The molecule has 0 atom stereocenters. The molecule has 0 aliphatic rings. The summed E-state index contributed by atoms with van der Waals surface area (Å²) in [5, 5.41) is 0.639. The lowest BCUT2D eigenvalue weighted by Crippen LogP contribution is -2.06. The Balaban J connectivity index is 0.000000810. The van der Waals surface area contributed by atoms with E-state index in [0.29, 0.717) is 5.02 Å². The molecule has 0 saturated carbocycles. The lowest BCUT2D eigenvalue weighted by atomic mass is 10.3. The lowest BCUT2D eigenvalue weighted by molar-refractivity contribution is 1.35. The highest BCUT2D eigenvalue weighted by Gasteiger charge is 1.91. The van der Waals surface area contributed by atoms with Gasteiger partial charge in [-0.1, -0.05) is 23.7 Å². The fourth-order valence-corrected chi connectivity index (χ4v) is 0.769. The van der Waals surface area contributed by atoms with Gasteiger partial charge in [0.25, 0.3) is 0 Å². The summed E-state index contributed by atoms with van der Waals surface area (Å²) < 4.78 is 0. The summed E-state index contributed by atoms with van der Waals surface area (Å²) in [5.41, 5.74) is 3.21. The van der Waals surface area contributed by atoms with Crippen LogP contribution in [0.4, 0.5) is 5.69 Å². The minimum atomic E-state index is 0. The van der Waals surface area contributed by atoms with E-state index in [1.54, 1.807) is 6.07 Å². The molecule has 10 heavy (non-hydrogen) atoms. The van der Waals surface area contributed by atoms with Gasteiger partial charge in [-0.15, -0.1) is 17.0 Å². The van der Waals surface area contributed by atoms with Crippen LogP contribution in [0, 0.1) is 0 Å². The summed E-state index contributed by atoms with van der Waals surface area (Å²) in [5.74, 6) is 5.12. The molecule has 0 amide bonds. The maximum atomic E-state index is 5.68. The summed E-state index contributed by atoms with van der Waals surface area (Å²) in [6.07, 6.45) is 0. The van der Waals surface area contributed by atoms with Crippen LogP contribution >= 0.6 is 28.6 Å². The number of hydrazine groups is 1. The number of nitrogen functional groups attached to an aromatic ring is 1. The van der Waals surface area contributed by atoms with Crippen molar-refractivity contribution < 1.29 is 0 Å². The SMILES string of the molecule is Br.NNc1ccccc1Cl. The van der Waals surface area contributed by atoms with Gasteiger partial charge in [-0.3, -0.25) is 5.84 Å². The van der Waals surface area contributed by atoms with E-state index < -0.39 is 0 Å². The standard InChI is InChI=1S/C6H7ClN2.BrH/c7-5-3-1-2-4-6(5)9-8;/h1-4,9H,8H2;1H. The largest absolute Gasteiger partial charge is 0.323 e. The van der Waals surface area contributed by atoms with Gasteiger partial charge >= 0.3 is 0 Å². The number of rotatable bonds is 1. The van der Waals surface area contributed by atoms with E-state index in [1.807, 2.05) is 18.2 Å². The molecular formula is C6H8BrClN2. The molecule has 0 heterocycles. The molecule has 0 radical (unpaired) electrons. The minimum Gasteiger partial charge on any atom is -0.323 e. The molecule has 0 saturated heterocycles. The Labute approximate surface area is 75.1 Å². The predicted molar refractivity (Wildman–Crippen MR) is 49.6 cm³/mol. The molecule has 2 nitrogen and oxygen atoms in total. The molecule has 0 unspecified atom stereocenters. The quantitative estimate of drug-likeness (QED) is 0.566. The van der Waals surface area contributed by atoms with Crippen molar-refractivity contribution in [2.45, 2.75) is 0 Å². The highest BCUT2D eigenvalue weighted by atomic mass is 79.9. The van der Waals surface area contributed by atoms with Crippen molar-refractivity contribution in [1.82, 2.24) is 0 Å². The van der Waals surface area contributed by atoms with Gasteiger partial charge in [0.05, 0.1) is 10.7 Å². The van der Waals surface area contributed by atoms with Crippen molar-refractivity contribution in [2.24, 2.45) is 5.84 Å². The van der Waals surface area contributed by atoms with Crippen LogP contribution in [-0.4, -0.2) is 0 Å². The van der Waals surface area contributed by atoms with Crippen LogP contribution < -0.4 is 11.3 Å². The minimum absolute atomic E-state index is 0. The van der Waals surface area contributed by atoms with E-state index in [2.05, 4.69) is 5.43 Å². The Morgan fingerprint density at radius 2 is 1.90 bits per heavy atom. The maximum absolute atomic E-state index is 5.68. The van der Waals surface area contributed by atoms with Gasteiger partial charge in [0, 0.05) is 0 Å². The Bertz CT molecular complexity index is 205. The van der Waals surface area contributed by atoms with Gasteiger partial charge in [0.2, 0.25) is 0 Å². The molecule has 4 heteroatoms. The molecule has 3 N–H and O–H groups in total. The van der Waals surface area contributed by atoms with E-state index in [4.69, 9.17) is 17.4 Å². The third-order valence-corrected chi connectivity index (χ3v) is 1.36. The Morgan fingerprint density at radius 3 is 2.30 bits per heavy atom. The molecule has 0 aliphatic carbocycles. The summed E-state index contributed by atoms with van der Waals surface area (Å²) >= 11 is 5.68. The number of benzene rings is 1. The third kappa shape index (κ3) is 2.17. The average Bonchev–Trinajstić information content (AvgIpc) is 1.89. The first kappa shape index (κ1) is 9.75. The highest BCUT2D eigenvalue weighted by molar-refractivity contribution is 8.93. The van der Waals surface area contributed by atoms with Crippen molar-refractivity contribution >= 4 is 34.3 Å². The average molecular weight is 224 g/mol. The summed E-state index contributed by atoms with van der Waals surface area (Å²) in [4.78, 5) is 0. The Hall–Kier alpha value is -0.250. The lowest BCUT2D eigenvalue weighted by Gasteiger charge is -1.99. The zero-order valence-corrected chi connectivity index (χ0v) is 7.64. The molecule has 0 aliphatic heterocycles. The summed E-state index contributed by atoms with van der Waals surface area (Å²) in [6.45, 7) is 0. The smallest absolute Gasteiger partial charge is 0.0671 e. The zero-order chi connectivity index (χ0) is 6.69. The van der Waals surface area contributed by atoms with Gasteiger partial charge < -0.3 is 5.43 Å². The van der Waals surface area contributed by atoms with Crippen molar-refractivity contribution in [3.8, 4) is 0 Å². The van der Waals surface area contributed by atoms with E-state index in [1.165, 1.54) is 0 Å². The molecule has 0 spiro atoms. The molecule has 1 rings (SSSR count). The number of hydrogen-bond donors (Lipinski definition) is 2. The number of anilines is 1. The molecule has 0 bridgehead atoms. The van der Waals surface area contributed by atoms with Crippen LogP contribution in [-0.2, 0) is 0 Å². The predicted octanol–water partition coefficient (Wildman–Crippen LogP) is 2.20. The highest BCUT2D eigenvalue weighted by Crippen LogP contribution is 2.18. The van der Waals surface area contributed by atoms with Crippen LogP contribution in [0.1, 0.15) is 0 Å². The molecule has 1 aromatic rings. The summed E-state index contributed by atoms with van der Waals surface area (Å²) in [6, 6.07) is 7.29. The van der Waals surface area contributed by atoms with E-state index in [-0.39, 0.29) is 17.0 Å². The maximum Gasteiger partial charge on any atom is 0.0671 e. The van der Waals surface area contributed by atoms with Crippen LogP contribution in [0.25, 0.3) is 0 Å². The van der Waals surface area contributed by atoms with Crippen LogP contribution in [0.2, 0.25) is 5.02 Å². The molecule has 1 aromatic carbocycles. The number of para-hydroxylation sites is 1. The monoisotopic (exact) mass is 222 g/mol. The van der Waals surface area contributed by atoms with Gasteiger partial charge in [-0.25, -0.2) is 0 Å². The van der Waals surface area contributed by atoms with Crippen molar-refractivity contribution in [3.05, 3.63) is 29.3 Å². The van der Waals surface area contributed by atoms with Crippen molar-refractivity contribution in [1.29, 1.82) is 0 Å². The van der Waals surface area contributed by atoms with Gasteiger partial charge in [-0.05, 0) is 12.1 Å². The zero-order valence-electron chi connectivity index (χ0n) is 5.17. The van der Waals surface area contributed by atoms with E-state index in [0.717, 1.165) is 5.69 Å². The fraction of sp³-hybridized carbons (Fsp3) is 0. The Morgan fingerprint density at radius 1 is 1.30 bits per heavy atom. The van der Waals surface area contributed by atoms with Gasteiger partial charge in [0.15, 0.2) is 0 Å². The molecular weight excluding hydrogens is 215 g/mol. The van der Waals surface area contributed by atoms with Crippen molar-refractivity contribution in [3.63, 3.8) is 0 Å². The van der Waals surface area contributed by atoms with Gasteiger partial charge in [0.1, 0.15) is 0 Å². The Kier molecular flexibility index (Phi) is 4.43. The number of nitrogens with two attached hydrogens (primary N) is 1. The summed E-state index contributed by atoms with van der Waals surface area (Å²) in [7, 11) is 0. The van der Waals surface area contributed by atoms with Crippen LogP contribution in [0.3, 0.4) is 0 Å². The number of nitrogens with one attached hydrogen (secondary N) is 1. The topological polar surface area (TPSA) is 38.0 Å². The molecule has 0 fully saturated rings. The second-order valence-corrected chi connectivity index (χ2v) is 2.03. The van der Waals surface area contributed by atoms with E-state index in [9.17, 15) is 0 Å². The first-order chi connectivity index (χ1) is 4.34. The van der Waals surface area contributed by atoms with Crippen LogP contribution in [0.5, 0.6) is 0 Å². The third-order valence-electron chi connectivity index (χ3n) is 1.03. The van der Waals surface area contributed by atoms with Crippen LogP contribution in [0.15, 0.2) is 24.3 Å². The van der Waals surface area contributed by atoms with E-state index >= 15 is 0 Å². The normalized spacial score (nSPS) is 8.20. The molecule has 0 aromatic heterocycles. The first-order valence-electron chi connectivity index (χ1n) is 2.56. The van der Waals surface area contributed by atoms with Crippen molar-refractivity contribution in [2.75, 3.05) is 5.43 Å². The second kappa shape index (κ2) is 4.55. The molecule has 56 valence electrons. The fourth-order valence-electron chi connectivity index (χ4n) is 0.578. The van der Waals surface area contributed by atoms with Gasteiger partial charge in [-0.2, -0.15) is 0 Å². The first-order valence-corrected chi connectivity index (χ1v) is 2.93. The number of hydrogen-bond acceptors (Lipinski definition) is 2. The second-order valence-electron chi connectivity index (χ2n) is 1.62. The number of halogens is 2.